The summed E-state index contributed by atoms with van der Waals surface area (Å²) in [7, 11) is 0. The predicted molar refractivity (Wildman–Crippen MR) is 53.5 cm³/mol. The topological polar surface area (TPSA) is 37.3 Å². The van der Waals surface area contributed by atoms with Gasteiger partial charge in [-0.25, -0.2) is 4.21 Å². The molecule has 3 heteroatoms. The summed E-state index contributed by atoms with van der Waals surface area (Å²) < 4.78 is 19.9. The van der Waals surface area contributed by atoms with E-state index >= 15 is 0 Å². The van der Waals surface area contributed by atoms with Gasteiger partial charge >= 0.3 is 0 Å². The van der Waals surface area contributed by atoms with Crippen LogP contribution in [0.2, 0.25) is 0 Å². The average molecular weight is 192 g/mol. The lowest BCUT2D eigenvalue weighted by Crippen LogP contribution is -2.37. The van der Waals surface area contributed by atoms with Crippen molar-refractivity contribution in [3.05, 3.63) is 0 Å². The molecule has 3 unspecified atom stereocenters. The first-order valence-corrected chi connectivity index (χ1v) is 5.62. The van der Waals surface area contributed by atoms with E-state index in [9.17, 15) is 4.21 Å². The monoisotopic (exact) mass is 192 g/mol. The first kappa shape index (κ1) is 12.1. The fourth-order valence-corrected chi connectivity index (χ4v) is 2.29. The van der Waals surface area contributed by atoms with Crippen molar-refractivity contribution in [2.75, 3.05) is 0 Å². The normalized spacial score (nSPS) is 21.9. The van der Waals surface area contributed by atoms with Gasteiger partial charge in [-0.05, 0) is 24.7 Å². The van der Waals surface area contributed by atoms with E-state index in [1.54, 1.807) is 0 Å². The van der Waals surface area contributed by atoms with Crippen molar-refractivity contribution < 1.29 is 8.76 Å². The molecule has 0 radical (unpaired) electrons. The molecule has 2 nitrogen and oxygen atoms in total. The van der Waals surface area contributed by atoms with Crippen molar-refractivity contribution in [1.29, 1.82) is 0 Å². The van der Waals surface area contributed by atoms with Crippen LogP contribution in [-0.4, -0.2) is 14.0 Å². The SMILES string of the molecule is CCC(C)(C(C)C)C(C)S(=O)O. The molecule has 0 aromatic heterocycles. The zero-order valence-electron chi connectivity index (χ0n) is 8.63. The van der Waals surface area contributed by atoms with Gasteiger partial charge < -0.3 is 4.55 Å². The molecule has 3 atom stereocenters. The molecule has 0 amide bonds. The Labute approximate surface area is 78.0 Å². The summed E-state index contributed by atoms with van der Waals surface area (Å²) in [6.45, 7) is 10.2. The van der Waals surface area contributed by atoms with Crippen LogP contribution in [0.5, 0.6) is 0 Å². The second kappa shape index (κ2) is 4.38. The molecular weight excluding hydrogens is 172 g/mol. The van der Waals surface area contributed by atoms with Crippen LogP contribution in [0, 0.1) is 11.3 Å². The van der Waals surface area contributed by atoms with Crippen LogP contribution in [0.25, 0.3) is 0 Å². The zero-order valence-corrected chi connectivity index (χ0v) is 9.44. The van der Waals surface area contributed by atoms with E-state index in [0.717, 1.165) is 6.42 Å². The number of rotatable bonds is 4. The smallest absolute Gasteiger partial charge is 0.156 e. The quantitative estimate of drug-likeness (QED) is 0.695. The van der Waals surface area contributed by atoms with E-state index in [1.165, 1.54) is 0 Å². The summed E-state index contributed by atoms with van der Waals surface area (Å²) in [5.41, 5.74) is -0.0282. The predicted octanol–water partition coefficient (Wildman–Crippen LogP) is 2.67. The highest BCUT2D eigenvalue weighted by Gasteiger charge is 2.35. The molecule has 0 spiro atoms. The van der Waals surface area contributed by atoms with E-state index in [1.807, 2.05) is 6.92 Å². The Morgan fingerprint density at radius 3 is 1.92 bits per heavy atom. The minimum absolute atomic E-state index is 0.0282. The molecule has 0 aromatic carbocycles. The zero-order chi connectivity index (χ0) is 9.94. The van der Waals surface area contributed by atoms with E-state index in [2.05, 4.69) is 27.7 Å². The van der Waals surface area contributed by atoms with Gasteiger partial charge in [-0.3, -0.25) is 0 Å². The van der Waals surface area contributed by atoms with Crippen molar-refractivity contribution in [3.63, 3.8) is 0 Å². The molecule has 0 saturated carbocycles. The molecule has 0 aliphatic rings. The van der Waals surface area contributed by atoms with Gasteiger partial charge in [0.05, 0.1) is 5.25 Å². The fraction of sp³-hybridized carbons (Fsp3) is 1.00. The molecule has 0 aliphatic heterocycles. The largest absolute Gasteiger partial charge is 0.306 e. The maximum Gasteiger partial charge on any atom is 0.156 e. The molecular formula is C9H20O2S. The summed E-state index contributed by atoms with van der Waals surface area (Å²) in [6, 6.07) is 0. The second-order valence-corrected chi connectivity index (χ2v) is 5.19. The van der Waals surface area contributed by atoms with Crippen LogP contribution in [0.3, 0.4) is 0 Å². The van der Waals surface area contributed by atoms with E-state index < -0.39 is 11.1 Å². The summed E-state index contributed by atoms with van der Waals surface area (Å²) in [4.78, 5) is 0. The molecule has 74 valence electrons. The van der Waals surface area contributed by atoms with Crippen LogP contribution in [0.4, 0.5) is 0 Å². The Kier molecular flexibility index (Phi) is 4.42. The van der Waals surface area contributed by atoms with Crippen LogP contribution < -0.4 is 0 Å². The van der Waals surface area contributed by atoms with Gasteiger partial charge in [0.2, 0.25) is 0 Å². The van der Waals surface area contributed by atoms with Gasteiger partial charge in [0.15, 0.2) is 11.1 Å². The second-order valence-electron chi connectivity index (χ2n) is 3.93. The standard InChI is InChI=1S/C9H20O2S/c1-6-9(5,7(2)3)8(4)12(10)11/h7-8H,6H2,1-5H3,(H,10,11). The highest BCUT2D eigenvalue weighted by atomic mass is 32.2. The minimum Gasteiger partial charge on any atom is -0.306 e. The Morgan fingerprint density at radius 2 is 1.83 bits per heavy atom. The molecule has 0 aliphatic carbocycles. The molecule has 0 rings (SSSR count). The first-order valence-electron chi connectivity index (χ1n) is 4.46. The van der Waals surface area contributed by atoms with Crippen molar-refractivity contribution in [2.45, 2.75) is 46.3 Å². The van der Waals surface area contributed by atoms with E-state index in [4.69, 9.17) is 4.55 Å². The van der Waals surface area contributed by atoms with Crippen LogP contribution >= 0.6 is 0 Å². The summed E-state index contributed by atoms with van der Waals surface area (Å²) in [5.74, 6) is 0.439. The van der Waals surface area contributed by atoms with Gasteiger partial charge in [0.1, 0.15) is 0 Å². The molecule has 1 N–H and O–H groups in total. The minimum atomic E-state index is -1.70. The molecule has 0 aromatic rings. The van der Waals surface area contributed by atoms with Crippen molar-refractivity contribution in [2.24, 2.45) is 11.3 Å². The van der Waals surface area contributed by atoms with Crippen LogP contribution in [-0.2, 0) is 11.1 Å². The third-order valence-electron chi connectivity index (χ3n) is 3.31. The lowest BCUT2D eigenvalue weighted by molar-refractivity contribution is 0.201. The third kappa shape index (κ3) is 2.30. The lowest BCUT2D eigenvalue weighted by atomic mass is 9.74. The van der Waals surface area contributed by atoms with E-state index in [0.29, 0.717) is 5.92 Å². The van der Waals surface area contributed by atoms with Gasteiger partial charge in [-0.15, -0.1) is 0 Å². The highest BCUT2D eigenvalue weighted by Crippen LogP contribution is 2.36. The van der Waals surface area contributed by atoms with Crippen LogP contribution in [0.1, 0.15) is 41.0 Å². The first-order chi connectivity index (χ1) is 5.36. The summed E-state index contributed by atoms with van der Waals surface area (Å²) in [6.07, 6.45) is 0.943. The molecule has 0 heterocycles. The van der Waals surface area contributed by atoms with Gasteiger partial charge in [0, 0.05) is 0 Å². The van der Waals surface area contributed by atoms with Crippen LogP contribution in [0.15, 0.2) is 0 Å². The maximum absolute atomic E-state index is 10.9. The van der Waals surface area contributed by atoms with Gasteiger partial charge in [-0.2, -0.15) is 0 Å². The summed E-state index contributed by atoms with van der Waals surface area (Å²) in [5, 5.41) is -0.150. The average Bonchev–Trinajstić information content (AvgIpc) is 2.01. The van der Waals surface area contributed by atoms with Gasteiger partial charge in [0.25, 0.3) is 0 Å². The van der Waals surface area contributed by atoms with Crippen molar-refractivity contribution in [1.82, 2.24) is 0 Å². The van der Waals surface area contributed by atoms with E-state index in [-0.39, 0.29) is 10.7 Å². The number of hydrogen-bond donors (Lipinski definition) is 1. The Balaban J connectivity index is 4.62. The molecule has 0 saturated heterocycles. The maximum atomic E-state index is 10.9. The van der Waals surface area contributed by atoms with Gasteiger partial charge in [-0.1, -0.05) is 27.7 Å². The lowest BCUT2D eigenvalue weighted by Gasteiger charge is -2.36. The summed E-state index contributed by atoms with van der Waals surface area (Å²) >= 11 is -1.70. The van der Waals surface area contributed by atoms with Crippen molar-refractivity contribution in [3.8, 4) is 0 Å². The highest BCUT2D eigenvalue weighted by molar-refractivity contribution is 7.79. The Morgan fingerprint density at radius 1 is 1.42 bits per heavy atom. The Hall–Kier alpha value is 0.110. The molecule has 0 fully saturated rings. The Bertz CT molecular complexity index is 168. The fourth-order valence-electron chi connectivity index (χ4n) is 1.40. The number of hydrogen-bond acceptors (Lipinski definition) is 1. The molecule has 0 bridgehead atoms. The molecule has 12 heavy (non-hydrogen) atoms. The third-order valence-corrected chi connectivity index (χ3v) is 4.46. The van der Waals surface area contributed by atoms with Crippen molar-refractivity contribution >= 4 is 11.1 Å².